The van der Waals surface area contributed by atoms with Crippen LogP contribution in [0, 0.1) is 11.3 Å². The number of benzene rings is 2. The Hall–Kier alpha value is -3.04. The van der Waals surface area contributed by atoms with E-state index in [-0.39, 0.29) is 24.3 Å². The molecule has 0 saturated carbocycles. The second kappa shape index (κ2) is 9.25. The van der Waals surface area contributed by atoms with Crippen molar-refractivity contribution >= 4 is 5.91 Å². The maximum absolute atomic E-state index is 13.1. The molecule has 0 aromatic heterocycles. The number of rotatable bonds is 7. The number of nitrogens with zero attached hydrogens (tertiary/aromatic N) is 2. The summed E-state index contributed by atoms with van der Waals surface area (Å²) in [5.41, 5.74) is 1.21. The maximum atomic E-state index is 13.1. The van der Waals surface area contributed by atoms with Crippen LogP contribution in [0.2, 0.25) is 0 Å². The van der Waals surface area contributed by atoms with E-state index in [9.17, 15) is 9.90 Å². The number of amides is 1. The van der Waals surface area contributed by atoms with E-state index in [1.807, 2.05) is 6.07 Å². The van der Waals surface area contributed by atoms with Crippen LogP contribution in [0.4, 0.5) is 0 Å². The predicted octanol–water partition coefficient (Wildman–Crippen LogP) is 3.24. The molecule has 1 aliphatic rings. The highest BCUT2D eigenvalue weighted by atomic mass is 16.5. The van der Waals surface area contributed by atoms with Crippen LogP contribution in [0.1, 0.15) is 30.9 Å². The van der Waals surface area contributed by atoms with Crippen LogP contribution < -0.4 is 4.74 Å². The standard InChI is InChI=1S/C22H24N2O4/c1-16(28-19-10-8-17(13-23)9-11-19)22(26)24(15-20-6-4-12-27-20)14-18-5-2-3-7-21(18)25/h2-3,5,7-11,16,20,25H,4,6,12,14-15H2,1H3. The van der Waals surface area contributed by atoms with Crippen molar-refractivity contribution in [2.24, 2.45) is 0 Å². The zero-order chi connectivity index (χ0) is 19.9. The number of phenols is 1. The van der Waals surface area contributed by atoms with Gasteiger partial charge in [-0.1, -0.05) is 18.2 Å². The molecule has 0 aliphatic carbocycles. The van der Waals surface area contributed by atoms with Gasteiger partial charge < -0.3 is 19.5 Å². The average molecular weight is 380 g/mol. The molecule has 1 heterocycles. The quantitative estimate of drug-likeness (QED) is 0.797. The van der Waals surface area contributed by atoms with E-state index in [2.05, 4.69) is 6.07 Å². The van der Waals surface area contributed by atoms with E-state index in [1.54, 1.807) is 54.3 Å². The smallest absolute Gasteiger partial charge is 0.263 e. The fraction of sp³-hybridized carbons (Fsp3) is 0.364. The van der Waals surface area contributed by atoms with Gasteiger partial charge in [0, 0.05) is 25.3 Å². The normalized spacial score (nSPS) is 16.9. The minimum Gasteiger partial charge on any atom is -0.508 e. The Morgan fingerprint density at radius 2 is 2.07 bits per heavy atom. The molecule has 2 unspecified atom stereocenters. The molecule has 2 aromatic rings. The van der Waals surface area contributed by atoms with Gasteiger partial charge in [-0.2, -0.15) is 5.26 Å². The molecule has 28 heavy (non-hydrogen) atoms. The van der Waals surface area contributed by atoms with E-state index in [4.69, 9.17) is 14.7 Å². The van der Waals surface area contributed by atoms with Crippen LogP contribution in [0.15, 0.2) is 48.5 Å². The van der Waals surface area contributed by atoms with Crippen molar-refractivity contribution in [3.63, 3.8) is 0 Å². The number of phenolic OH excluding ortho intramolecular Hbond substituents is 1. The monoisotopic (exact) mass is 380 g/mol. The van der Waals surface area contributed by atoms with E-state index in [1.165, 1.54) is 0 Å². The van der Waals surface area contributed by atoms with Crippen LogP contribution in [-0.2, 0) is 16.1 Å². The van der Waals surface area contributed by atoms with Crippen molar-refractivity contribution in [1.82, 2.24) is 4.90 Å². The first-order chi connectivity index (χ1) is 13.6. The molecule has 0 bridgehead atoms. The zero-order valence-corrected chi connectivity index (χ0v) is 15.9. The summed E-state index contributed by atoms with van der Waals surface area (Å²) in [6, 6.07) is 15.7. The predicted molar refractivity (Wildman–Crippen MR) is 104 cm³/mol. The second-order valence-electron chi connectivity index (χ2n) is 6.88. The van der Waals surface area contributed by atoms with Gasteiger partial charge in [0.25, 0.3) is 5.91 Å². The Kier molecular flexibility index (Phi) is 6.51. The van der Waals surface area contributed by atoms with Crippen LogP contribution in [0.3, 0.4) is 0 Å². The van der Waals surface area contributed by atoms with Crippen molar-refractivity contribution in [2.75, 3.05) is 13.2 Å². The largest absolute Gasteiger partial charge is 0.508 e. The SMILES string of the molecule is CC(Oc1ccc(C#N)cc1)C(=O)N(Cc1ccccc1O)CC1CCCO1. The van der Waals surface area contributed by atoms with Gasteiger partial charge in [-0.05, 0) is 50.1 Å². The molecule has 1 saturated heterocycles. The molecule has 146 valence electrons. The van der Waals surface area contributed by atoms with E-state index in [0.717, 1.165) is 12.8 Å². The highest BCUT2D eigenvalue weighted by Gasteiger charge is 2.27. The molecule has 6 nitrogen and oxygen atoms in total. The number of para-hydroxylation sites is 1. The minimum atomic E-state index is -0.708. The van der Waals surface area contributed by atoms with Crippen LogP contribution in [0.25, 0.3) is 0 Å². The Morgan fingerprint density at radius 3 is 2.71 bits per heavy atom. The van der Waals surface area contributed by atoms with Crippen molar-refractivity contribution in [3.8, 4) is 17.6 Å². The zero-order valence-electron chi connectivity index (χ0n) is 15.9. The molecular formula is C22H24N2O4. The molecule has 3 rings (SSSR count). The molecule has 2 atom stereocenters. The summed E-state index contributed by atoms with van der Waals surface area (Å²) in [6.07, 6.45) is 1.19. The van der Waals surface area contributed by atoms with Gasteiger partial charge in [-0.25, -0.2) is 0 Å². The van der Waals surface area contributed by atoms with Gasteiger partial charge in [-0.15, -0.1) is 0 Å². The molecule has 1 N–H and O–H groups in total. The van der Waals surface area contributed by atoms with E-state index >= 15 is 0 Å². The third-order valence-corrected chi connectivity index (χ3v) is 4.76. The van der Waals surface area contributed by atoms with Crippen molar-refractivity contribution < 1.29 is 19.4 Å². The minimum absolute atomic E-state index is 0.00285. The molecule has 2 aromatic carbocycles. The van der Waals surface area contributed by atoms with Gasteiger partial charge in [0.2, 0.25) is 0 Å². The topological polar surface area (TPSA) is 82.8 Å². The molecule has 0 radical (unpaired) electrons. The number of nitriles is 1. The number of carbonyl (C=O) groups excluding carboxylic acids is 1. The summed E-state index contributed by atoms with van der Waals surface area (Å²) >= 11 is 0. The molecular weight excluding hydrogens is 356 g/mol. The lowest BCUT2D eigenvalue weighted by atomic mass is 10.1. The molecule has 1 amide bonds. The van der Waals surface area contributed by atoms with Gasteiger partial charge in [-0.3, -0.25) is 4.79 Å². The number of hydrogen-bond donors (Lipinski definition) is 1. The number of aromatic hydroxyl groups is 1. The van der Waals surface area contributed by atoms with Crippen LogP contribution in [0.5, 0.6) is 11.5 Å². The fourth-order valence-corrected chi connectivity index (χ4v) is 3.24. The first kappa shape index (κ1) is 19.7. The first-order valence-corrected chi connectivity index (χ1v) is 9.41. The molecule has 1 fully saturated rings. The summed E-state index contributed by atoms with van der Waals surface area (Å²) in [6.45, 7) is 3.15. The number of hydrogen-bond acceptors (Lipinski definition) is 5. The Labute approximate surface area is 164 Å². The highest BCUT2D eigenvalue weighted by molar-refractivity contribution is 5.81. The van der Waals surface area contributed by atoms with Crippen molar-refractivity contribution in [2.45, 2.75) is 38.5 Å². The van der Waals surface area contributed by atoms with Crippen molar-refractivity contribution in [3.05, 3.63) is 59.7 Å². The molecule has 6 heteroatoms. The summed E-state index contributed by atoms with van der Waals surface area (Å²) in [5.74, 6) is 0.510. The van der Waals surface area contributed by atoms with E-state index < -0.39 is 6.10 Å². The summed E-state index contributed by atoms with van der Waals surface area (Å²) in [7, 11) is 0. The molecule has 0 spiro atoms. The Balaban J connectivity index is 1.72. The van der Waals surface area contributed by atoms with Gasteiger partial charge in [0.1, 0.15) is 11.5 Å². The third kappa shape index (κ3) is 5.02. The fourth-order valence-electron chi connectivity index (χ4n) is 3.24. The van der Waals surface area contributed by atoms with Crippen molar-refractivity contribution in [1.29, 1.82) is 5.26 Å². The average Bonchev–Trinajstić information content (AvgIpc) is 3.22. The Bertz CT molecular complexity index is 838. The maximum Gasteiger partial charge on any atom is 0.263 e. The lowest BCUT2D eigenvalue weighted by molar-refractivity contribution is -0.140. The second-order valence-corrected chi connectivity index (χ2v) is 6.88. The number of ether oxygens (including phenoxy) is 2. The first-order valence-electron chi connectivity index (χ1n) is 9.41. The molecule has 1 aliphatic heterocycles. The van der Waals surface area contributed by atoms with Crippen LogP contribution >= 0.6 is 0 Å². The lowest BCUT2D eigenvalue weighted by Gasteiger charge is -2.28. The number of carbonyl (C=O) groups is 1. The summed E-state index contributed by atoms with van der Waals surface area (Å²) < 4.78 is 11.5. The highest BCUT2D eigenvalue weighted by Crippen LogP contribution is 2.22. The van der Waals surface area contributed by atoms with Crippen LogP contribution in [-0.4, -0.2) is 41.3 Å². The van der Waals surface area contributed by atoms with E-state index in [0.29, 0.717) is 30.0 Å². The van der Waals surface area contributed by atoms with Gasteiger partial charge in [0.15, 0.2) is 6.10 Å². The summed E-state index contributed by atoms with van der Waals surface area (Å²) in [5, 5.41) is 19.0. The Morgan fingerprint density at radius 1 is 1.32 bits per heavy atom. The third-order valence-electron chi connectivity index (χ3n) is 4.76. The lowest BCUT2D eigenvalue weighted by Crippen LogP contribution is -2.43. The van der Waals surface area contributed by atoms with Gasteiger partial charge >= 0.3 is 0 Å². The van der Waals surface area contributed by atoms with Gasteiger partial charge in [0.05, 0.1) is 17.7 Å². The summed E-state index contributed by atoms with van der Waals surface area (Å²) in [4.78, 5) is 14.8.